The van der Waals surface area contributed by atoms with E-state index in [-0.39, 0.29) is 5.91 Å². The Morgan fingerprint density at radius 1 is 1.03 bits per heavy atom. The van der Waals surface area contributed by atoms with Crippen LogP contribution in [0, 0.1) is 0 Å². The lowest BCUT2D eigenvalue weighted by molar-refractivity contribution is -0.154. The fraction of sp³-hybridized carbons (Fsp3) is 0.423. The molecule has 2 amide bonds. The first-order valence-electron chi connectivity index (χ1n) is 11.6. The SMILES string of the molecule is CC1(C)C(=O)Nc2ccccc2N1C(=O)COC(=O)C1(c2ccc3c(c2)OCCO3)CCCC1. The van der Waals surface area contributed by atoms with E-state index in [0.29, 0.717) is 48.9 Å². The molecular weight excluding hydrogens is 436 g/mol. The van der Waals surface area contributed by atoms with Crippen LogP contribution in [0.15, 0.2) is 42.5 Å². The number of carbonyl (C=O) groups excluding carboxylic acids is 3. The van der Waals surface area contributed by atoms with Crippen LogP contribution < -0.4 is 19.7 Å². The predicted octanol–water partition coefficient (Wildman–Crippen LogP) is 3.58. The second kappa shape index (κ2) is 8.34. The van der Waals surface area contributed by atoms with Gasteiger partial charge in [-0.3, -0.25) is 19.3 Å². The van der Waals surface area contributed by atoms with Gasteiger partial charge in [-0.1, -0.05) is 31.0 Å². The van der Waals surface area contributed by atoms with Gasteiger partial charge in [0.2, 0.25) is 5.91 Å². The number of carbonyl (C=O) groups is 3. The van der Waals surface area contributed by atoms with E-state index >= 15 is 0 Å². The predicted molar refractivity (Wildman–Crippen MR) is 125 cm³/mol. The molecule has 0 radical (unpaired) electrons. The van der Waals surface area contributed by atoms with Gasteiger partial charge in [0, 0.05) is 0 Å². The first-order chi connectivity index (χ1) is 16.3. The van der Waals surface area contributed by atoms with Crippen LogP contribution in [0.25, 0.3) is 0 Å². The molecule has 178 valence electrons. The fourth-order valence-electron chi connectivity index (χ4n) is 5.16. The number of hydrogen-bond donors (Lipinski definition) is 1. The summed E-state index contributed by atoms with van der Waals surface area (Å²) in [6.07, 6.45) is 3.06. The number of amides is 2. The van der Waals surface area contributed by atoms with Crippen molar-refractivity contribution in [2.75, 3.05) is 30.0 Å². The van der Waals surface area contributed by atoms with Gasteiger partial charge in [0.05, 0.1) is 16.8 Å². The minimum absolute atomic E-state index is 0.297. The molecule has 0 atom stereocenters. The Balaban J connectivity index is 1.38. The van der Waals surface area contributed by atoms with Gasteiger partial charge in [-0.25, -0.2) is 0 Å². The van der Waals surface area contributed by atoms with Crippen LogP contribution in [0.2, 0.25) is 0 Å². The van der Waals surface area contributed by atoms with Crippen molar-refractivity contribution in [2.24, 2.45) is 0 Å². The lowest BCUT2D eigenvalue weighted by Crippen LogP contribution is -2.59. The number of para-hydroxylation sites is 2. The molecule has 8 nitrogen and oxygen atoms in total. The monoisotopic (exact) mass is 464 g/mol. The number of esters is 1. The number of ether oxygens (including phenoxy) is 3. The summed E-state index contributed by atoms with van der Waals surface area (Å²) in [6.45, 7) is 3.85. The zero-order valence-corrected chi connectivity index (χ0v) is 19.4. The highest BCUT2D eigenvalue weighted by molar-refractivity contribution is 6.14. The molecule has 1 saturated carbocycles. The highest BCUT2D eigenvalue weighted by Crippen LogP contribution is 2.45. The highest BCUT2D eigenvalue weighted by atomic mass is 16.6. The maximum absolute atomic E-state index is 13.4. The molecule has 0 saturated heterocycles. The molecular formula is C26H28N2O6. The summed E-state index contributed by atoms with van der Waals surface area (Å²) in [5.74, 6) is 0.112. The first-order valence-corrected chi connectivity index (χ1v) is 11.6. The normalized spacial score (nSPS) is 19.7. The number of benzene rings is 2. The maximum Gasteiger partial charge on any atom is 0.317 e. The molecule has 2 heterocycles. The zero-order chi connectivity index (χ0) is 23.9. The van der Waals surface area contributed by atoms with Gasteiger partial charge in [-0.05, 0) is 56.5 Å². The van der Waals surface area contributed by atoms with Gasteiger partial charge in [0.15, 0.2) is 18.1 Å². The third-order valence-corrected chi connectivity index (χ3v) is 7.03. The topological polar surface area (TPSA) is 94.2 Å². The fourth-order valence-corrected chi connectivity index (χ4v) is 5.16. The minimum Gasteiger partial charge on any atom is -0.486 e. The molecule has 0 spiro atoms. The van der Waals surface area contributed by atoms with E-state index in [1.54, 1.807) is 38.1 Å². The van der Waals surface area contributed by atoms with Crippen molar-refractivity contribution in [1.29, 1.82) is 0 Å². The lowest BCUT2D eigenvalue weighted by atomic mass is 9.78. The van der Waals surface area contributed by atoms with Crippen molar-refractivity contribution >= 4 is 29.2 Å². The van der Waals surface area contributed by atoms with Crippen molar-refractivity contribution in [3.05, 3.63) is 48.0 Å². The standard InChI is InChI=1S/C26H28N2O6/c1-25(2)23(30)27-18-7-3-4-8-19(18)28(25)22(29)16-34-24(31)26(11-5-6-12-26)17-9-10-20-21(15-17)33-14-13-32-20/h3-4,7-10,15H,5-6,11-14,16H2,1-2H3,(H,27,30). The number of hydrogen-bond acceptors (Lipinski definition) is 6. The average molecular weight is 465 g/mol. The number of fused-ring (bicyclic) bond motifs is 2. The van der Waals surface area contributed by atoms with Crippen molar-refractivity contribution in [3.8, 4) is 11.5 Å². The number of nitrogens with zero attached hydrogens (tertiary/aromatic N) is 1. The van der Waals surface area contributed by atoms with E-state index in [1.165, 1.54) is 4.90 Å². The third kappa shape index (κ3) is 3.57. The number of anilines is 2. The van der Waals surface area contributed by atoms with Crippen LogP contribution >= 0.6 is 0 Å². The summed E-state index contributed by atoms with van der Waals surface area (Å²) in [5, 5.41) is 2.83. The van der Waals surface area contributed by atoms with Crippen LogP contribution in [-0.2, 0) is 24.5 Å². The van der Waals surface area contributed by atoms with E-state index in [9.17, 15) is 14.4 Å². The Morgan fingerprint density at radius 3 is 2.50 bits per heavy atom. The molecule has 34 heavy (non-hydrogen) atoms. The molecule has 1 N–H and O–H groups in total. The molecule has 8 heteroatoms. The van der Waals surface area contributed by atoms with Gasteiger partial charge in [-0.15, -0.1) is 0 Å². The van der Waals surface area contributed by atoms with Crippen molar-refractivity contribution in [1.82, 2.24) is 0 Å². The summed E-state index contributed by atoms with van der Waals surface area (Å²) in [6, 6.07) is 12.7. The molecule has 2 aliphatic heterocycles. The molecule has 0 bridgehead atoms. The quantitative estimate of drug-likeness (QED) is 0.696. The summed E-state index contributed by atoms with van der Waals surface area (Å²) in [7, 11) is 0. The van der Waals surface area contributed by atoms with Crippen LogP contribution in [0.4, 0.5) is 11.4 Å². The summed E-state index contributed by atoms with van der Waals surface area (Å²) in [5.41, 5.74) is -0.0121. The molecule has 1 aliphatic carbocycles. The van der Waals surface area contributed by atoms with Crippen molar-refractivity contribution in [3.63, 3.8) is 0 Å². The first kappa shape index (κ1) is 22.3. The number of nitrogens with one attached hydrogen (secondary N) is 1. The van der Waals surface area contributed by atoms with Crippen LogP contribution in [-0.4, -0.2) is 43.1 Å². The highest BCUT2D eigenvalue weighted by Gasteiger charge is 2.47. The third-order valence-electron chi connectivity index (χ3n) is 7.03. The smallest absolute Gasteiger partial charge is 0.317 e. The van der Waals surface area contributed by atoms with Crippen molar-refractivity contribution < 1.29 is 28.6 Å². The molecule has 1 fully saturated rings. The van der Waals surface area contributed by atoms with E-state index < -0.39 is 29.4 Å². The van der Waals surface area contributed by atoms with Gasteiger partial charge < -0.3 is 19.5 Å². The Labute approximate surface area is 198 Å². The summed E-state index contributed by atoms with van der Waals surface area (Å²) in [4.78, 5) is 40.8. The summed E-state index contributed by atoms with van der Waals surface area (Å²) >= 11 is 0. The molecule has 2 aromatic rings. The van der Waals surface area contributed by atoms with E-state index in [4.69, 9.17) is 14.2 Å². The maximum atomic E-state index is 13.4. The van der Waals surface area contributed by atoms with E-state index in [1.807, 2.05) is 18.2 Å². The van der Waals surface area contributed by atoms with Crippen LogP contribution in [0.3, 0.4) is 0 Å². The van der Waals surface area contributed by atoms with Crippen LogP contribution in [0.5, 0.6) is 11.5 Å². The van der Waals surface area contributed by atoms with E-state index in [0.717, 1.165) is 18.4 Å². The Bertz CT molecular complexity index is 1150. The molecule has 0 unspecified atom stereocenters. The Hall–Kier alpha value is -3.55. The molecule has 3 aliphatic rings. The second-order valence-electron chi connectivity index (χ2n) is 9.48. The zero-order valence-electron chi connectivity index (χ0n) is 19.4. The Kier molecular flexibility index (Phi) is 5.46. The van der Waals surface area contributed by atoms with E-state index in [2.05, 4.69) is 5.32 Å². The minimum atomic E-state index is -1.13. The van der Waals surface area contributed by atoms with Gasteiger partial charge in [0.1, 0.15) is 18.8 Å². The van der Waals surface area contributed by atoms with Gasteiger partial charge >= 0.3 is 5.97 Å². The summed E-state index contributed by atoms with van der Waals surface area (Å²) < 4.78 is 17.0. The lowest BCUT2D eigenvalue weighted by Gasteiger charge is -2.42. The average Bonchev–Trinajstić information content (AvgIpc) is 3.34. The Morgan fingerprint density at radius 2 is 1.74 bits per heavy atom. The van der Waals surface area contributed by atoms with Gasteiger partial charge in [0.25, 0.3) is 5.91 Å². The van der Waals surface area contributed by atoms with Crippen LogP contribution in [0.1, 0.15) is 45.1 Å². The second-order valence-corrected chi connectivity index (χ2v) is 9.48. The number of rotatable bonds is 4. The van der Waals surface area contributed by atoms with Gasteiger partial charge in [-0.2, -0.15) is 0 Å². The molecule has 2 aromatic carbocycles. The molecule has 0 aromatic heterocycles. The molecule has 5 rings (SSSR count). The van der Waals surface area contributed by atoms with Crippen molar-refractivity contribution in [2.45, 2.75) is 50.5 Å². The largest absolute Gasteiger partial charge is 0.486 e.